The standard InChI is InChI=1S/C12H10FN3S/c13-7-4-5-10(14-6-7)11-15-9-3-1-2-8(9)12(17)16-11/h4-6H,1-3H2,(H,15,16,17). The number of hydrogen-bond donors (Lipinski definition) is 1. The zero-order valence-electron chi connectivity index (χ0n) is 9.03. The number of pyridine rings is 1. The number of halogens is 1. The second kappa shape index (κ2) is 4.00. The summed E-state index contributed by atoms with van der Waals surface area (Å²) in [5, 5.41) is 0. The minimum Gasteiger partial charge on any atom is -0.342 e. The van der Waals surface area contributed by atoms with Crippen molar-refractivity contribution in [2.75, 3.05) is 0 Å². The minimum atomic E-state index is -0.353. The van der Waals surface area contributed by atoms with Crippen LogP contribution < -0.4 is 0 Å². The molecule has 2 heterocycles. The Balaban J connectivity index is 2.13. The third-order valence-corrected chi connectivity index (χ3v) is 3.27. The van der Waals surface area contributed by atoms with Crippen molar-refractivity contribution in [2.45, 2.75) is 19.3 Å². The predicted molar refractivity (Wildman–Crippen MR) is 64.6 cm³/mol. The van der Waals surface area contributed by atoms with Gasteiger partial charge in [-0.25, -0.2) is 14.4 Å². The van der Waals surface area contributed by atoms with Crippen LogP contribution in [-0.4, -0.2) is 15.0 Å². The Morgan fingerprint density at radius 2 is 2.18 bits per heavy atom. The fraction of sp³-hybridized carbons (Fsp3) is 0.250. The second-order valence-corrected chi connectivity index (χ2v) is 4.45. The Hall–Kier alpha value is -1.62. The fourth-order valence-electron chi connectivity index (χ4n) is 2.09. The first-order valence-electron chi connectivity index (χ1n) is 5.48. The van der Waals surface area contributed by atoms with E-state index in [4.69, 9.17) is 12.2 Å². The van der Waals surface area contributed by atoms with Crippen LogP contribution in [0.1, 0.15) is 17.7 Å². The van der Waals surface area contributed by atoms with Gasteiger partial charge in [-0.2, -0.15) is 0 Å². The average Bonchev–Trinajstić information content (AvgIpc) is 2.78. The number of H-pyrrole nitrogens is 1. The van der Waals surface area contributed by atoms with Crippen molar-refractivity contribution in [3.63, 3.8) is 0 Å². The molecule has 0 fully saturated rings. The van der Waals surface area contributed by atoms with Gasteiger partial charge >= 0.3 is 0 Å². The molecule has 3 rings (SSSR count). The highest BCUT2D eigenvalue weighted by Crippen LogP contribution is 2.23. The summed E-state index contributed by atoms with van der Waals surface area (Å²) in [6, 6.07) is 2.97. The number of nitrogens with one attached hydrogen (secondary N) is 1. The number of aromatic amines is 1. The zero-order chi connectivity index (χ0) is 11.8. The first kappa shape index (κ1) is 10.5. The molecule has 0 radical (unpaired) electrons. The SMILES string of the molecule is Fc1ccc(-c2nc(=S)c3c([nH]2)CCC3)nc1. The van der Waals surface area contributed by atoms with Crippen molar-refractivity contribution in [3.05, 3.63) is 40.0 Å². The first-order valence-corrected chi connectivity index (χ1v) is 5.89. The lowest BCUT2D eigenvalue weighted by molar-refractivity contribution is 0.621. The molecule has 5 heteroatoms. The predicted octanol–water partition coefficient (Wildman–Crippen LogP) is 2.83. The van der Waals surface area contributed by atoms with E-state index in [1.54, 1.807) is 6.07 Å². The Labute approximate surface area is 103 Å². The van der Waals surface area contributed by atoms with Crippen molar-refractivity contribution in [1.29, 1.82) is 0 Å². The number of hydrogen-bond acceptors (Lipinski definition) is 3. The van der Waals surface area contributed by atoms with Gasteiger partial charge in [0.25, 0.3) is 0 Å². The van der Waals surface area contributed by atoms with Gasteiger partial charge in [0, 0.05) is 11.3 Å². The van der Waals surface area contributed by atoms with E-state index >= 15 is 0 Å². The minimum absolute atomic E-state index is 0.353. The van der Waals surface area contributed by atoms with Gasteiger partial charge in [-0.3, -0.25) is 0 Å². The normalized spacial score (nSPS) is 13.7. The van der Waals surface area contributed by atoms with Crippen LogP contribution in [0.5, 0.6) is 0 Å². The maximum atomic E-state index is 12.8. The van der Waals surface area contributed by atoms with Crippen LogP contribution in [0.3, 0.4) is 0 Å². The summed E-state index contributed by atoms with van der Waals surface area (Å²) in [4.78, 5) is 11.6. The van der Waals surface area contributed by atoms with Crippen LogP contribution in [0.4, 0.5) is 4.39 Å². The van der Waals surface area contributed by atoms with Gasteiger partial charge in [-0.15, -0.1) is 0 Å². The summed E-state index contributed by atoms with van der Waals surface area (Å²) in [5.74, 6) is 0.268. The molecule has 3 nitrogen and oxygen atoms in total. The van der Waals surface area contributed by atoms with Crippen LogP contribution in [0.25, 0.3) is 11.5 Å². The molecule has 86 valence electrons. The van der Waals surface area contributed by atoms with Crippen LogP contribution in [0.15, 0.2) is 18.3 Å². The van der Waals surface area contributed by atoms with E-state index in [1.165, 1.54) is 12.3 Å². The van der Waals surface area contributed by atoms with Crippen molar-refractivity contribution in [1.82, 2.24) is 15.0 Å². The summed E-state index contributed by atoms with van der Waals surface area (Å²) in [7, 11) is 0. The van der Waals surface area contributed by atoms with Crippen LogP contribution in [0.2, 0.25) is 0 Å². The molecular formula is C12H10FN3S. The fourth-order valence-corrected chi connectivity index (χ4v) is 2.41. The molecule has 0 bridgehead atoms. The largest absolute Gasteiger partial charge is 0.342 e. The van der Waals surface area contributed by atoms with Gasteiger partial charge in [0.2, 0.25) is 0 Å². The third-order valence-electron chi connectivity index (χ3n) is 2.93. The molecule has 0 saturated heterocycles. The highest BCUT2D eigenvalue weighted by Gasteiger charge is 2.15. The molecule has 0 aliphatic heterocycles. The molecule has 1 aliphatic rings. The van der Waals surface area contributed by atoms with Crippen LogP contribution >= 0.6 is 12.2 Å². The van der Waals surface area contributed by atoms with Crippen LogP contribution in [0, 0.1) is 10.5 Å². The van der Waals surface area contributed by atoms with Gasteiger partial charge in [0.05, 0.1) is 6.20 Å². The summed E-state index contributed by atoms with van der Waals surface area (Å²) >= 11 is 5.26. The average molecular weight is 247 g/mol. The Bertz CT molecular complexity index is 619. The van der Waals surface area contributed by atoms with Crippen molar-refractivity contribution < 1.29 is 4.39 Å². The summed E-state index contributed by atoms with van der Waals surface area (Å²) in [6.07, 6.45) is 4.28. The molecule has 17 heavy (non-hydrogen) atoms. The van der Waals surface area contributed by atoms with Gasteiger partial charge in [0.1, 0.15) is 16.2 Å². The van der Waals surface area contributed by atoms with E-state index in [-0.39, 0.29) is 5.82 Å². The Morgan fingerprint density at radius 3 is 2.94 bits per heavy atom. The monoisotopic (exact) mass is 247 g/mol. The molecule has 2 aromatic heterocycles. The topological polar surface area (TPSA) is 41.6 Å². The summed E-state index contributed by atoms with van der Waals surface area (Å²) < 4.78 is 13.4. The highest BCUT2D eigenvalue weighted by atomic mass is 32.1. The van der Waals surface area contributed by atoms with Gasteiger partial charge in [-0.1, -0.05) is 12.2 Å². The highest BCUT2D eigenvalue weighted by molar-refractivity contribution is 7.71. The van der Waals surface area contributed by atoms with Gasteiger partial charge < -0.3 is 4.98 Å². The van der Waals surface area contributed by atoms with E-state index in [0.717, 1.165) is 30.5 Å². The lowest BCUT2D eigenvalue weighted by Crippen LogP contribution is -1.98. The van der Waals surface area contributed by atoms with Gasteiger partial charge in [-0.05, 0) is 31.4 Å². The molecule has 0 atom stereocenters. The number of aromatic nitrogens is 3. The van der Waals surface area contributed by atoms with E-state index < -0.39 is 0 Å². The van der Waals surface area contributed by atoms with Crippen molar-refractivity contribution in [3.8, 4) is 11.5 Å². The molecular weight excluding hydrogens is 237 g/mol. The molecule has 0 aromatic carbocycles. The zero-order valence-corrected chi connectivity index (χ0v) is 9.85. The van der Waals surface area contributed by atoms with E-state index in [0.29, 0.717) is 16.2 Å². The number of fused-ring (bicyclic) bond motifs is 1. The molecule has 1 N–H and O–H groups in total. The van der Waals surface area contributed by atoms with Gasteiger partial charge in [0.15, 0.2) is 5.82 Å². The van der Waals surface area contributed by atoms with Crippen LogP contribution in [-0.2, 0) is 12.8 Å². The molecule has 0 spiro atoms. The number of aryl methyl sites for hydroxylation is 1. The first-order chi connectivity index (χ1) is 8.24. The molecule has 2 aromatic rings. The lowest BCUT2D eigenvalue weighted by Gasteiger charge is -2.04. The Kier molecular flexibility index (Phi) is 2.48. The smallest absolute Gasteiger partial charge is 0.157 e. The van der Waals surface area contributed by atoms with E-state index in [1.807, 2.05) is 0 Å². The lowest BCUT2D eigenvalue weighted by atomic mass is 10.2. The molecule has 0 unspecified atom stereocenters. The molecule has 0 amide bonds. The van der Waals surface area contributed by atoms with E-state index in [9.17, 15) is 4.39 Å². The number of nitrogens with zero attached hydrogens (tertiary/aromatic N) is 2. The van der Waals surface area contributed by atoms with Crippen molar-refractivity contribution >= 4 is 12.2 Å². The quantitative estimate of drug-likeness (QED) is 0.788. The maximum Gasteiger partial charge on any atom is 0.157 e. The summed E-state index contributed by atoms with van der Waals surface area (Å²) in [5.41, 5.74) is 2.91. The van der Waals surface area contributed by atoms with Crippen molar-refractivity contribution in [2.24, 2.45) is 0 Å². The van der Waals surface area contributed by atoms with E-state index in [2.05, 4.69) is 15.0 Å². The summed E-state index contributed by atoms with van der Waals surface area (Å²) in [6.45, 7) is 0. The third kappa shape index (κ3) is 1.86. The molecule has 0 saturated carbocycles. The second-order valence-electron chi connectivity index (χ2n) is 4.06. The maximum absolute atomic E-state index is 12.8. The Morgan fingerprint density at radius 1 is 1.29 bits per heavy atom. The molecule has 1 aliphatic carbocycles. The number of rotatable bonds is 1.